The highest BCUT2D eigenvalue weighted by atomic mass is 32.2. The Labute approximate surface area is 173 Å². The predicted octanol–water partition coefficient (Wildman–Crippen LogP) is 5.11. The topological polar surface area (TPSA) is 63.7 Å². The number of para-hydroxylation sites is 2. The standard InChI is InChI=1S/C23H18N4OS/c1-28-22-9-5-4-8-21(22)27-16-25-26-23(27)29-15-17-10-12-18(13-11-17)20-7-3-2-6-19(20)14-24/h2-13,16H,15H2,1H3. The molecule has 0 saturated carbocycles. The molecule has 0 fully saturated rings. The van der Waals surface area contributed by atoms with Crippen molar-refractivity contribution in [1.29, 1.82) is 5.26 Å². The van der Waals surface area contributed by atoms with Crippen LogP contribution >= 0.6 is 11.8 Å². The fourth-order valence-corrected chi connectivity index (χ4v) is 3.96. The molecule has 142 valence electrons. The molecule has 0 aliphatic heterocycles. The molecule has 6 heteroatoms. The van der Waals surface area contributed by atoms with Crippen LogP contribution in [0, 0.1) is 11.3 Å². The van der Waals surface area contributed by atoms with Crippen LogP contribution in [0.4, 0.5) is 0 Å². The monoisotopic (exact) mass is 398 g/mol. The number of nitriles is 1. The molecule has 0 unspecified atom stereocenters. The summed E-state index contributed by atoms with van der Waals surface area (Å²) in [6, 6.07) is 26.0. The summed E-state index contributed by atoms with van der Waals surface area (Å²) in [4.78, 5) is 0. The molecule has 0 N–H and O–H groups in total. The fraction of sp³-hybridized carbons (Fsp3) is 0.0870. The van der Waals surface area contributed by atoms with Crippen LogP contribution in [-0.2, 0) is 5.75 Å². The van der Waals surface area contributed by atoms with Gasteiger partial charge in [-0.05, 0) is 34.9 Å². The Morgan fingerprint density at radius 1 is 1.00 bits per heavy atom. The molecule has 0 radical (unpaired) electrons. The van der Waals surface area contributed by atoms with Gasteiger partial charge in [-0.3, -0.25) is 4.57 Å². The lowest BCUT2D eigenvalue weighted by molar-refractivity contribution is 0.412. The van der Waals surface area contributed by atoms with Crippen molar-refractivity contribution in [1.82, 2.24) is 14.8 Å². The van der Waals surface area contributed by atoms with Crippen LogP contribution in [0.5, 0.6) is 5.75 Å². The van der Waals surface area contributed by atoms with Gasteiger partial charge in [0.1, 0.15) is 12.1 Å². The SMILES string of the molecule is COc1ccccc1-n1cnnc1SCc1ccc(-c2ccccc2C#N)cc1. The van der Waals surface area contributed by atoms with E-state index < -0.39 is 0 Å². The fourth-order valence-electron chi connectivity index (χ4n) is 3.08. The molecule has 0 spiro atoms. The average Bonchev–Trinajstić information content (AvgIpc) is 3.26. The zero-order valence-electron chi connectivity index (χ0n) is 15.8. The minimum atomic E-state index is 0.680. The maximum Gasteiger partial charge on any atom is 0.196 e. The van der Waals surface area contributed by atoms with Gasteiger partial charge in [-0.2, -0.15) is 5.26 Å². The minimum Gasteiger partial charge on any atom is -0.495 e. The smallest absolute Gasteiger partial charge is 0.196 e. The van der Waals surface area contributed by atoms with Gasteiger partial charge in [0.2, 0.25) is 0 Å². The first-order valence-corrected chi connectivity index (χ1v) is 10.0. The van der Waals surface area contributed by atoms with Crippen molar-refractivity contribution < 1.29 is 4.74 Å². The number of methoxy groups -OCH3 is 1. The van der Waals surface area contributed by atoms with E-state index in [-0.39, 0.29) is 0 Å². The van der Waals surface area contributed by atoms with E-state index in [1.54, 1.807) is 25.2 Å². The highest BCUT2D eigenvalue weighted by Gasteiger charge is 2.11. The summed E-state index contributed by atoms with van der Waals surface area (Å²) >= 11 is 1.61. The molecule has 29 heavy (non-hydrogen) atoms. The maximum atomic E-state index is 9.30. The number of aromatic nitrogens is 3. The Bertz CT molecular complexity index is 1160. The number of thioether (sulfide) groups is 1. The molecule has 3 aromatic carbocycles. The first-order chi connectivity index (χ1) is 14.3. The lowest BCUT2D eigenvalue weighted by Crippen LogP contribution is -1.98. The highest BCUT2D eigenvalue weighted by molar-refractivity contribution is 7.98. The Morgan fingerprint density at radius 3 is 2.55 bits per heavy atom. The lowest BCUT2D eigenvalue weighted by Gasteiger charge is -2.11. The number of hydrogen-bond acceptors (Lipinski definition) is 5. The van der Waals surface area contributed by atoms with E-state index in [1.165, 1.54) is 5.56 Å². The van der Waals surface area contributed by atoms with Gasteiger partial charge in [0.15, 0.2) is 5.16 Å². The first kappa shape index (κ1) is 18.8. The van der Waals surface area contributed by atoms with Crippen molar-refractivity contribution in [3.8, 4) is 28.6 Å². The minimum absolute atomic E-state index is 0.680. The second-order valence-corrected chi connectivity index (χ2v) is 7.24. The molecule has 4 aromatic rings. The predicted molar refractivity (Wildman–Crippen MR) is 114 cm³/mol. The van der Waals surface area contributed by atoms with Gasteiger partial charge >= 0.3 is 0 Å². The first-order valence-electron chi connectivity index (χ1n) is 9.05. The summed E-state index contributed by atoms with van der Waals surface area (Å²) in [7, 11) is 1.65. The Morgan fingerprint density at radius 2 is 1.76 bits per heavy atom. The third-order valence-electron chi connectivity index (χ3n) is 4.54. The Hall–Kier alpha value is -3.56. The van der Waals surface area contributed by atoms with Crippen molar-refractivity contribution in [3.05, 3.63) is 90.3 Å². The van der Waals surface area contributed by atoms with Crippen LogP contribution in [0.2, 0.25) is 0 Å². The number of rotatable bonds is 6. The molecule has 0 atom stereocenters. The van der Waals surface area contributed by atoms with Crippen molar-refractivity contribution in [2.75, 3.05) is 7.11 Å². The molecule has 0 bridgehead atoms. The molecule has 0 amide bonds. The van der Waals surface area contributed by atoms with Crippen LogP contribution in [-0.4, -0.2) is 21.9 Å². The largest absolute Gasteiger partial charge is 0.495 e. The molecule has 4 rings (SSSR count). The van der Waals surface area contributed by atoms with E-state index >= 15 is 0 Å². The van der Waals surface area contributed by atoms with E-state index in [0.29, 0.717) is 5.56 Å². The van der Waals surface area contributed by atoms with Gasteiger partial charge in [0.25, 0.3) is 0 Å². The summed E-state index contributed by atoms with van der Waals surface area (Å²) in [6.45, 7) is 0. The summed E-state index contributed by atoms with van der Waals surface area (Å²) in [5.41, 5.74) is 4.74. The zero-order valence-corrected chi connectivity index (χ0v) is 16.6. The number of benzene rings is 3. The van der Waals surface area contributed by atoms with E-state index in [2.05, 4.69) is 40.5 Å². The van der Waals surface area contributed by atoms with Crippen LogP contribution in [0.1, 0.15) is 11.1 Å². The normalized spacial score (nSPS) is 10.5. The van der Waals surface area contributed by atoms with Gasteiger partial charge in [0, 0.05) is 5.75 Å². The van der Waals surface area contributed by atoms with E-state index in [1.807, 2.05) is 53.1 Å². The second-order valence-electron chi connectivity index (χ2n) is 6.30. The molecule has 0 aliphatic rings. The summed E-state index contributed by atoms with van der Waals surface area (Å²) in [6.07, 6.45) is 1.70. The quantitative estimate of drug-likeness (QED) is 0.423. The average molecular weight is 398 g/mol. The summed E-state index contributed by atoms with van der Waals surface area (Å²) in [5.74, 6) is 1.53. The molecular weight excluding hydrogens is 380 g/mol. The van der Waals surface area contributed by atoms with E-state index in [9.17, 15) is 5.26 Å². The summed E-state index contributed by atoms with van der Waals surface area (Å²) in [5, 5.41) is 18.4. The summed E-state index contributed by atoms with van der Waals surface area (Å²) < 4.78 is 7.38. The zero-order chi connectivity index (χ0) is 20.1. The third-order valence-corrected chi connectivity index (χ3v) is 5.56. The highest BCUT2D eigenvalue weighted by Crippen LogP contribution is 2.29. The third kappa shape index (κ3) is 4.00. The molecule has 0 saturated heterocycles. The maximum absolute atomic E-state index is 9.30. The molecule has 0 aliphatic carbocycles. The second kappa shape index (κ2) is 8.63. The Kier molecular flexibility index (Phi) is 5.59. The Balaban J connectivity index is 1.51. The van der Waals surface area contributed by atoms with Gasteiger partial charge in [-0.25, -0.2) is 0 Å². The van der Waals surface area contributed by atoms with Crippen molar-refractivity contribution in [3.63, 3.8) is 0 Å². The van der Waals surface area contributed by atoms with Crippen molar-refractivity contribution in [2.24, 2.45) is 0 Å². The molecule has 1 heterocycles. The lowest BCUT2D eigenvalue weighted by atomic mass is 10.00. The van der Waals surface area contributed by atoms with E-state index in [0.717, 1.165) is 33.5 Å². The van der Waals surface area contributed by atoms with Crippen molar-refractivity contribution in [2.45, 2.75) is 10.9 Å². The van der Waals surface area contributed by atoms with Gasteiger partial charge in [-0.15, -0.1) is 10.2 Å². The van der Waals surface area contributed by atoms with Crippen LogP contribution in [0.15, 0.2) is 84.3 Å². The van der Waals surface area contributed by atoms with Crippen LogP contribution in [0.25, 0.3) is 16.8 Å². The van der Waals surface area contributed by atoms with Gasteiger partial charge in [-0.1, -0.05) is 66.4 Å². The van der Waals surface area contributed by atoms with Gasteiger partial charge < -0.3 is 4.74 Å². The number of nitrogens with zero attached hydrogens (tertiary/aromatic N) is 4. The number of ether oxygens (including phenoxy) is 1. The van der Waals surface area contributed by atoms with Crippen LogP contribution in [0.3, 0.4) is 0 Å². The number of hydrogen-bond donors (Lipinski definition) is 0. The molecular formula is C23H18N4OS. The van der Waals surface area contributed by atoms with Crippen LogP contribution < -0.4 is 4.74 Å². The molecule has 1 aromatic heterocycles. The van der Waals surface area contributed by atoms with Crippen molar-refractivity contribution >= 4 is 11.8 Å². The van der Waals surface area contributed by atoms with Gasteiger partial charge in [0.05, 0.1) is 24.4 Å². The molecule has 5 nitrogen and oxygen atoms in total. The van der Waals surface area contributed by atoms with E-state index in [4.69, 9.17) is 4.74 Å².